The van der Waals surface area contributed by atoms with Crippen LogP contribution in [0, 0.1) is 11.3 Å². The molecule has 9 heteroatoms. The van der Waals surface area contributed by atoms with Gasteiger partial charge in [0.05, 0.1) is 43.7 Å². The molecule has 0 bridgehead atoms. The highest BCUT2D eigenvalue weighted by Crippen LogP contribution is 2.46. The summed E-state index contributed by atoms with van der Waals surface area (Å²) in [5.41, 5.74) is 4.84. The second-order valence-electron chi connectivity index (χ2n) is 8.05. The van der Waals surface area contributed by atoms with Gasteiger partial charge in [0, 0.05) is 26.7 Å². The topological polar surface area (TPSA) is 93.1 Å². The van der Waals surface area contributed by atoms with Crippen molar-refractivity contribution in [2.45, 2.75) is 0 Å². The lowest BCUT2D eigenvalue weighted by Crippen LogP contribution is -1.99. The minimum Gasteiger partial charge on any atom is -0.493 e. The Morgan fingerprint density at radius 2 is 1.35 bits per heavy atom. The zero-order valence-electron chi connectivity index (χ0n) is 20.1. The second kappa shape index (κ2) is 10.0. The molecular formula is C28H20Cl2N4O3. The SMILES string of the molecule is COc1cc(-c2c(C#N)c(-c3ccc(Cl)cc3)nc3n[nH]c(-c4ccc(Cl)cc4)c23)cc(OC)c1OC. The van der Waals surface area contributed by atoms with E-state index < -0.39 is 0 Å². The molecule has 0 aliphatic carbocycles. The summed E-state index contributed by atoms with van der Waals surface area (Å²) in [7, 11) is 4.63. The van der Waals surface area contributed by atoms with Gasteiger partial charge in [-0.2, -0.15) is 10.4 Å². The number of hydrogen-bond donors (Lipinski definition) is 1. The number of halogens is 2. The van der Waals surface area contributed by atoms with Gasteiger partial charge in [0.1, 0.15) is 6.07 Å². The number of hydrogen-bond acceptors (Lipinski definition) is 6. The second-order valence-corrected chi connectivity index (χ2v) is 8.92. The van der Waals surface area contributed by atoms with Crippen LogP contribution in [0.2, 0.25) is 10.0 Å². The van der Waals surface area contributed by atoms with Gasteiger partial charge >= 0.3 is 0 Å². The molecule has 0 atom stereocenters. The summed E-state index contributed by atoms with van der Waals surface area (Å²) in [6.07, 6.45) is 0. The van der Waals surface area contributed by atoms with Crippen molar-refractivity contribution in [3.8, 4) is 57.0 Å². The fraction of sp³-hybridized carbons (Fsp3) is 0.107. The first-order chi connectivity index (χ1) is 18.0. The molecule has 37 heavy (non-hydrogen) atoms. The van der Waals surface area contributed by atoms with Crippen LogP contribution in [0.1, 0.15) is 5.56 Å². The Labute approximate surface area is 223 Å². The normalized spacial score (nSPS) is 10.8. The molecule has 0 aliphatic heterocycles. The highest BCUT2D eigenvalue weighted by atomic mass is 35.5. The van der Waals surface area contributed by atoms with Gasteiger partial charge in [0.25, 0.3) is 0 Å². The number of H-pyrrole nitrogens is 1. The van der Waals surface area contributed by atoms with E-state index in [1.807, 2.05) is 24.3 Å². The number of aromatic nitrogens is 3. The quantitative estimate of drug-likeness (QED) is 0.250. The number of nitriles is 1. The van der Waals surface area contributed by atoms with E-state index in [1.54, 1.807) is 57.7 Å². The van der Waals surface area contributed by atoms with Crippen LogP contribution in [0.15, 0.2) is 60.7 Å². The number of nitrogens with one attached hydrogen (secondary N) is 1. The number of rotatable bonds is 6. The van der Waals surface area contributed by atoms with Gasteiger partial charge in [-0.05, 0) is 42.0 Å². The van der Waals surface area contributed by atoms with Gasteiger partial charge in [0.15, 0.2) is 17.1 Å². The fourth-order valence-corrected chi connectivity index (χ4v) is 4.57. The third-order valence-electron chi connectivity index (χ3n) is 6.02. The van der Waals surface area contributed by atoms with Crippen LogP contribution in [0.25, 0.3) is 44.7 Å². The molecular weight excluding hydrogens is 511 g/mol. The van der Waals surface area contributed by atoms with E-state index in [1.165, 1.54) is 0 Å². The van der Waals surface area contributed by atoms with Gasteiger partial charge in [-0.15, -0.1) is 0 Å². The van der Waals surface area contributed by atoms with Crippen LogP contribution in [0.4, 0.5) is 0 Å². The standard InChI is InChI=1S/C28H20Cl2N4O3/c1-35-21-12-17(13-22(36-2)27(21)37-3)23-20(14-31)25(15-4-8-18(29)9-5-15)32-28-24(23)26(33-34-28)16-6-10-19(30)11-7-16/h4-13H,1-3H3,(H,32,33,34). The molecule has 0 saturated carbocycles. The first-order valence-electron chi connectivity index (χ1n) is 11.1. The van der Waals surface area contributed by atoms with Crippen molar-refractivity contribution in [1.29, 1.82) is 5.26 Å². The molecule has 2 aromatic heterocycles. The highest BCUT2D eigenvalue weighted by Gasteiger charge is 2.25. The Morgan fingerprint density at radius 3 is 1.86 bits per heavy atom. The van der Waals surface area contributed by atoms with E-state index in [9.17, 15) is 5.26 Å². The summed E-state index contributed by atoms with van der Waals surface area (Å²) >= 11 is 12.3. The van der Waals surface area contributed by atoms with Crippen molar-refractivity contribution in [3.63, 3.8) is 0 Å². The van der Waals surface area contributed by atoms with Gasteiger partial charge in [-0.25, -0.2) is 4.98 Å². The van der Waals surface area contributed by atoms with Gasteiger partial charge in [0.2, 0.25) is 5.75 Å². The minimum absolute atomic E-state index is 0.362. The average Bonchev–Trinajstić information content (AvgIpc) is 3.35. The molecule has 0 aliphatic rings. The average molecular weight is 531 g/mol. The summed E-state index contributed by atoms with van der Waals surface area (Å²) < 4.78 is 16.7. The maximum atomic E-state index is 10.5. The lowest BCUT2D eigenvalue weighted by molar-refractivity contribution is 0.324. The summed E-state index contributed by atoms with van der Waals surface area (Å²) in [6, 6.07) is 20.5. The van der Waals surface area contributed by atoms with Crippen LogP contribution in [-0.4, -0.2) is 36.5 Å². The van der Waals surface area contributed by atoms with Gasteiger partial charge in [-0.3, -0.25) is 5.10 Å². The molecule has 5 aromatic rings. The molecule has 1 N–H and O–H groups in total. The molecule has 0 amide bonds. The minimum atomic E-state index is 0.362. The molecule has 0 fully saturated rings. The van der Waals surface area contributed by atoms with E-state index in [0.717, 1.165) is 11.1 Å². The molecule has 2 heterocycles. The number of nitrogens with zero attached hydrogens (tertiary/aromatic N) is 3. The van der Waals surface area contributed by atoms with Crippen molar-refractivity contribution in [2.75, 3.05) is 21.3 Å². The predicted molar refractivity (Wildman–Crippen MR) is 145 cm³/mol. The third kappa shape index (κ3) is 4.31. The van der Waals surface area contributed by atoms with Crippen molar-refractivity contribution in [1.82, 2.24) is 15.2 Å². The third-order valence-corrected chi connectivity index (χ3v) is 6.52. The van der Waals surface area contributed by atoms with E-state index >= 15 is 0 Å². The number of fused-ring (bicyclic) bond motifs is 1. The van der Waals surface area contributed by atoms with E-state index in [2.05, 4.69) is 16.3 Å². The monoisotopic (exact) mass is 530 g/mol. The lowest BCUT2D eigenvalue weighted by Gasteiger charge is -2.17. The van der Waals surface area contributed by atoms with Crippen molar-refractivity contribution in [3.05, 3.63) is 76.3 Å². The summed E-state index contributed by atoms with van der Waals surface area (Å²) in [5, 5.41) is 20.0. The highest BCUT2D eigenvalue weighted by molar-refractivity contribution is 6.31. The van der Waals surface area contributed by atoms with Crippen molar-refractivity contribution in [2.24, 2.45) is 0 Å². The zero-order chi connectivity index (χ0) is 26.1. The molecule has 0 saturated heterocycles. The van der Waals surface area contributed by atoms with Crippen molar-refractivity contribution < 1.29 is 14.2 Å². The van der Waals surface area contributed by atoms with Crippen LogP contribution >= 0.6 is 23.2 Å². The Kier molecular flexibility index (Phi) is 6.62. The Hall–Kier alpha value is -4.25. The van der Waals surface area contributed by atoms with E-state index in [-0.39, 0.29) is 0 Å². The Bertz CT molecular complexity index is 1630. The molecule has 184 valence electrons. The predicted octanol–water partition coefficient (Wildman–Crippen LogP) is 7.16. The van der Waals surface area contributed by atoms with Gasteiger partial charge in [-0.1, -0.05) is 47.5 Å². The van der Waals surface area contributed by atoms with Crippen LogP contribution in [-0.2, 0) is 0 Å². The number of methoxy groups -OCH3 is 3. The van der Waals surface area contributed by atoms with Crippen LogP contribution < -0.4 is 14.2 Å². The maximum absolute atomic E-state index is 10.5. The molecule has 0 unspecified atom stereocenters. The lowest BCUT2D eigenvalue weighted by atomic mass is 9.91. The summed E-state index contributed by atoms with van der Waals surface area (Å²) in [4.78, 5) is 4.79. The van der Waals surface area contributed by atoms with E-state index in [4.69, 9.17) is 42.4 Å². The molecule has 7 nitrogen and oxygen atoms in total. The first-order valence-corrected chi connectivity index (χ1v) is 11.9. The van der Waals surface area contributed by atoms with E-state index in [0.29, 0.717) is 66.4 Å². The fourth-order valence-electron chi connectivity index (χ4n) is 4.32. The molecule has 0 radical (unpaired) electrons. The smallest absolute Gasteiger partial charge is 0.203 e. The summed E-state index contributed by atoms with van der Waals surface area (Å²) in [6.45, 7) is 0. The number of benzene rings is 3. The van der Waals surface area contributed by atoms with Crippen LogP contribution in [0.5, 0.6) is 17.2 Å². The Balaban J connectivity index is 1.92. The molecule has 5 rings (SSSR count). The largest absolute Gasteiger partial charge is 0.493 e. The molecule has 0 spiro atoms. The van der Waals surface area contributed by atoms with Gasteiger partial charge < -0.3 is 14.2 Å². The first kappa shape index (κ1) is 24.4. The molecule has 3 aromatic carbocycles. The van der Waals surface area contributed by atoms with Crippen molar-refractivity contribution >= 4 is 34.2 Å². The number of pyridine rings is 1. The Morgan fingerprint density at radius 1 is 0.784 bits per heavy atom. The zero-order valence-corrected chi connectivity index (χ0v) is 21.6. The summed E-state index contributed by atoms with van der Waals surface area (Å²) in [5.74, 6) is 1.35. The van der Waals surface area contributed by atoms with Crippen LogP contribution in [0.3, 0.4) is 0 Å². The number of aromatic amines is 1. The number of ether oxygens (including phenoxy) is 3. The maximum Gasteiger partial charge on any atom is 0.203 e.